The molecule has 100 valence electrons. The first-order valence-corrected chi connectivity index (χ1v) is 7.65. The van der Waals surface area contributed by atoms with E-state index in [1.54, 1.807) is 0 Å². The molecule has 1 heterocycles. The van der Waals surface area contributed by atoms with Crippen molar-refractivity contribution in [1.29, 1.82) is 0 Å². The number of halogens is 1. The van der Waals surface area contributed by atoms with E-state index < -0.39 is 0 Å². The average molecular weight is 319 g/mol. The fourth-order valence-corrected chi connectivity index (χ4v) is 3.24. The largest absolute Gasteiger partial charge is 0.382 e. The van der Waals surface area contributed by atoms with Crippen molar-refractivity contribution in [2.75, 3.05) is 25.5 Å². The number of rotatable bonds is 2. The maximum Gasteiger partial charge on any atom is 0.0422 e. The molecule has 0 bridgehead atoms. The quantitative estimate of drug-likeness (QED) is 0.896. The van der Waals surface area contributed by atoms with Gasteiger partial charge in [0.25, 0.3) is 0 Å². The summed E-state index contributed by atoms with van der Waals surface area (Å²) in [5.41, 5.74) is 1.26. The van der Waals surface area contributed by atoms with Crippen molar-refractivity contribution >= 4 is 32.4 Å². The van der Waals surface area contributed by atoms with Gasteiger partial charge < -0.3 is 10.2 Å². The van der Waals surface area contributed by atoms with E-state index >= 15 is 0 Å². The SMILES string of the molecule is CN1CCC(Nc2ccc(Br)c3ccccc23)CC1. The van der Waals surface area contributed by atoms with Gasteiger partial charge in [0.15, 0.2) is 0 Å². The van der Waals surface area contributed by atoms with E-state index in [9.17, 15) is 0 Å². The van der Waals surface area contributed by atoms with Gasteiger partial charge in [-0.05, 0) is 50.5 Å². The highest BCUT2D eigenvalue weighted by Gasteiger charge is 2.17. The lowest BCUT2D eigenvalue weighted by Gasteiger charge is -2.30. The molecule has 2 aromatic rings. The summed E-state index contributed by atoms with van der Waals surface area (Å²) in [6.45, 7) is 2.37. The van der Waals surface area contributed by atoms with Crippen LogP contribution < -0.4 is 5.32 Å². The van der Waals surface area contributed by atoms with Crippen LogP contribution in [0.1, 0.15) is 12.8 Å². The predicted octanol–water partition coefficient (Wildman–Crippen LogP) is 4.11. The van der Waals surface area contributed by atoms with Crippen LogP contribution in [0.2, 0.25) is 0 Å². The summed E-state index contributed by atoms with van der Waals surface area (Å²) in [6.07, 6.45) is 2.45. The Bertz CT molecular complexity index is 574. The molecule has 0 radical (unpaired) electrons. The highest BCUT2D eigenvalue weighted by molar-refractivity contribution is 9.10. The van der Waals surface area contributed by atoms with Crippen LogP contribution in [0, 0.1) is 0 Å². The highest BCUT2D eigenvalue weighted by atomic mass is 79.9. The number of benzene rings is 2. The Morgan fingerprint density at radius 3 is 2.47 bits per heavy atom. The third-order valence-corrected chi connectivity index (χ3v) is 4.64. The van der Waals surface area contributed by atoms with Crippen LogP contribution in [0.15, 0.2) is 40.9 Å². The maximum absolute atomic E-state index is 3.72. The topological polar surface area (TPSA) is 15.3 Å². The summed E-state index contributed by atoms with van der Waals surface area (Å²) in [4.78, 5) is 2.40. The molecule has 0 aliphatic carbocycles. The zero-order valence-electron chi connectivity index (χ0n) is 11.2. The van der Waals surface area contributed by atoms with E-state index in [0.717, 1.165) is 4.47 Å². The van der Waals surface area contributed by atoms with E-state index in [2.05, 4.69) is 69.6 Å². The molecule has 2 aromatic carbocycles. The normalized spacial score (nSPS) is 17.8. The van der Waals surface area contributed by atoms with E-state index in [1.807, 2.05) is 0 Å². The fourth-order valence-electron chi connectivity index (χ4n) is 2.76. The Kier molecular flexibility index (Phi) is 3.76. The van der Waals surface area contributed by atoms with Crippen molar-refractivity contribution in [3.63, 3.8) is 0 Å². The van der Waals surface area contributed by atoms with Crippen molar-refractivity contribution < 1.29 is 0 Å². The minimum atomic E-state index is 0.598. The van der Waals surface area contributed by atoms with Crippen molar-refractivity contribution in [2.45, 2.75) is 18.9 Å². The summed E-state index contributed by atoms with van der Waals surface area (Å²) in [5.74, 6) is 0. The number of nitrogens with zero attached hydrogens (tertiary/aromatic N) is 1. The van der Waals surface area contributed by atoms with Crippen LogP contribution in [-0.2, 0) is 0 Å². The predicted molar refractivity (Wildman–Crippen MR) is 85.8 cm³/mol. The van der Waals surface area contributed by atoms with Crippen LogP contribution in [0.3, 0.4) is 0 Å². The molecule has 19 heavy (non-hydrogen) atoms. The van der Waals surface area contributed by atoms with Gasteiger partial charge in [-0.1, -0.05) is 40.2 Å². The number of hydrogen-bond donors (Lipinski definition) is 1. The van der Waals surface area contributed by atoms with Crippen LogP contribution >= 0.6 is 15.9 Å². The molecular weight excluding hydrogens is 300 g/mol. The monoisotopic (exact) mass is 318 g/mol. The Morgan fingerprint density at radius 1 is 1.05 bits per heavy atom. The lowest BCUT2D eigenvalue weighted by Crippen LogP contribution is -2.36. The molecule has 0 unspecified atom stereocenters. The third kappa shape index (κ3) is 2.77. The molecule has 1 fully saturated rings. The van der Waals surface area contributed by atoms with E-state index in [4.69, 9.17) is 0 Å². The zero-order chi connectivity index (χ0) is 13.2. The van der Waals surface area contributed by atoms with Crippen molar-refractivity contribution in [3.8, 4) is 0 Å². The number of anilines is 1. The van der Waals surface area contributed by atoms with Crippen LogP contribution in [-0.4, -0.2) is 31.1 Å². The van der Waals surface area contributed by atoms with Crippen LogP contribution in [0.25, 0.3) is 10.8 Å². The molecule has 0 spiro atoms. The van der Waals surface area contributed by atoms with Crippen LogP contribution in [0.5, 0.6) is 0 Å². The molecule has 2 nitrogen and oxygen atoms in total. The maximum atomic E-state index is 3.72. The van der Waals surface area contributed by atoms with Gasteiger partial charge in [0.2, 0.25) is 0 Å². The summed E-state index contributed by atoms with van der Waals surface area (Å²) in [7, 11) is 2.20. The standard InChI is InChI=1S/C16H19BrN2/c1-19-10-8-12(9-11-19)18-16-7-6-15(17)13-4-2-3-5-14(13)16/h2-7,12,18H,8-11H2,1H3. The van der Waals surface area contributed by atoms with Crippen molar-refractivity contribution in [1.82, 2.24) is 4.90 Å². The highest BCUT2D eigenvalue weighted by Crippen LogP contribution is 2.31. The molecule has 1 N–H and O–H groups in total. The number of piperidine rings is 1. The number of fused-ring (bicyclic) bond motifs is 1. The first kappa shape index (κ1) is 12.9. The Labute approximate surface area is 122 Å². The van der Waals surface area contributed by atoms with Gasteiger partial charge in [0, 0.05) is 21.6 Å². The fraction of sp³-hybridized carbons (Fsp3) is 0.375. The van der Waals surface area contributed by atoms with Crippen LogP contribution in [0.4, 0.5) is 5.69 Å². The molecule has 1 aliphatic rings. The lowest BCUT2D eigenvalue weighted by molar-refractivity contribution is 0.264. The molecular formula is C16H19BrN2. The second-order valence-electron chi connectivity index (χ2n) is 5.36. The van der Waals surface area contributed by atoms with E-state index in [1.165, 1.54) is 42.4 Å². The molecule has 0 aromatic heterocycles. The van der Waals surface area contributed by atoms with E-state index in [0.29, 0.717) is 6.04 Å². The van der Waals surface area contributed by atoms with E-state index in [-0.39, 0.29) is 0 Å². The first-order chi connectivity index (χ1) is 9.24. The average Bonchev–Trinajstić information content (AvgIpc) is 2.45. The molecule has 3 heteroatoms. The molecule has 0 saturated carbocycles. The minimum Gasteiger partial charge on any atom is -0.382 e. The van der Waals surface area contributed by atoms with Gasteiger partial charge in [-0.2, -0.15) is 0 Å². The number of likely N-dealkylation sites (tertiary alicyclic amines) is 1. The van der Waals surface area contributed by atoms with Crippen molar-refractivity contribution in [3.05, 3.63) is 40.9 Å². The zero-order valence-corrected chi connectivity index (χ0v) is 12.8. The summed E-state index contributed by atoms with van der Waals surface area (Å²) in [6, 6.07) is 13.5. The first-order valence-electron chi connectivity index (χ1n) is 6.86. The molecule has 3 rings (SSSR count). The van der Waals surface area contributed by atoms with Crippen molar-refractivity contribution in [2.24, 2.45) is 0 Å². The van der Waals surface area contributed by atoms with Gasteiger partial charge in [-0.25, -0.2) is 0 Å². The lowest BCUT2D eigenvalue weighted by atomic mass is 10.0. The molecule has 0 atom stereocenters. The second kappa shape index (κ2) is 5.51. The molecule has 1 aliphatic heterocycles. The summed E-state index contributed by atoms with van der Waals surface area (Å²) >= 11 is 3.63. The van der Waals surface area contributed by atoms with Gasteiger partial charge in [0.05, 0.1) is 0 Å². The van der Waals surface area contributed by atoms with Gasteiger partial charge in [0.1, 0.15) is 0 Å². The summed E-state index contributed by atoms with van der Waals surface area (Å²) in [5, 5.41) is 6.30. The molecule has 1 saturated heterocycles. The number of hydrogen-bond acceptors (Lipinski definition) is 2. The summed E-state index contributed by atoms with van der Waals surface area (Å²) < 4.78 is 1.16. The Morgan fingerprint density at radius 2 is 1.74 bits per heavy atom. The minimum absolute atomic E-state index is 0.598. The Balaban J connectivity index is 1.87. The Hall–Kier alpha value is -1.06. The number of nitrogens with one attached hydrogen (secondary N) is 1. The van der Waals surface area contributed by atoms with Gasteiger partial charge in [-0.15, -0.1) is 0 Å². The van der Waals surface area contributed by atoms with Gasteiger partial charge >= 0.3 is 0 Å². The second-order valence-corrected chi connectivity index (χ2v) is 6.22. The van der Waals surface area contributed by atoms with Gasteiger partial charge in [-0.3, -0.25) is 0 Å². The smallest absolute Gasteiger partial charge is 0.0422 e. The third-order valence-electron chi connectivity index (χ3n) is 3.95. The molecule has 0 amide bonds.